The van der Waals surface area contributed by atoms with Crippen molar-refractivity contribution in [3.63, 3.8) is 0 Å². The van der Waals surface area contributed by atoms with Gasteiger partial charge in [0.1, 0.15) is 5.56 Å². The molecule has 2 rings (SSSR count). The first kappa shape index (κ1) is 15.5. The molecule has 2 heterocycles. The molecule has 0 saturated carbocycles. The van der Waals surface area contributed by atoms with Crippen LogP contribution in [0.3, 0.4) is 0 Å². The van der Waals surface area contributed by atoms with E-state index in [4.69, 9.17) is 9.29 Å². The molecule has 0 radical (unpaired) electrons. The molecule has 0 atom stereocenters. The van der Waals surface area contributed by atoms with Crippen LogP contribution in [0.25, 0.3) is 11.3 Å². The topological polar surface area (TPSA) is 106 Å². The maximum Gasteiger partial charge on any atom is 0.342 e. The Labute approximate surface area is 125 Å². The van der Waals surface area contributed by atoms with Gasteiger partial charge in [-0.05, 0) is 25.3 Å². The van der Waals surface area contributed by atoms with Crippen molar-refractivity contribution in [1.82, 2.24) is 9.97 Å². The van der Waals surface area contributed by atoms with Crippen molar-refractivity contribution in [2.24, 2.45) is 0 Å². The predicted octanol–water partition coefficient (Wildman–Crippen LogP) is 1.94. The van der Waals surface area contributed by atoms with E-state index in [1.54, 1.807) is 23.8 Å². The zero-order chi connectivity index (χ0) is 15.6. The van der Waals surface area contributed by atoms with Crippen LogP contribution in [0.1, 0.15) is 23.0 Å². The molecular formula is C12H12N2O5S2. The van der Waals surface area contributed by atoms with Gasteiger partial charge in [-0.15, -0.1) is 0 Å². The van der Waals surface area contributed by atoms with Crippen molar-refractivity contribution in [3.05, 3.63) is 28.1 Å². The van der Waals surface area contributed by atoms with Gasteiger partial charge in [-0.25, -0.2) is 14.8 Å². The molecule has 112 valence electrons. The molecule has 0 fully saturated rings. The zero-order valence-electron chi connectivity index (χ0n) is 11.2. The number of nitrogens with zero attached hydrogens (tertiary/aromatic N) is 2. The highest BCUT2D eigenvalue weighted by Crippen LogP contribution is 2.27. The molecule has 0 amide bonds. The standard InChI is InChI=1S/C12H12N2O5S2/c1-3-19-11(15)9-7(2)13-12(21(16,17)18)14-10(9)8-4-5-20-6-8/h4-6H,3H2,1-2H3,(H,16,17,18). The third-order valence-electron chi connectivity index (χ3n) is 2.57. The number of rotatable bonds is 4. The first-order chi connectivity index (χ1) is 9.84. The van der Waals surface area contributed by atoms with Crippen LogP contribution in [0.4, 0.5) is 0 Å². The number of hydrogen-bond donors (Lipinski definition) is 1. The van der Waals surface area contributed by atoms with Crippen LogP contribution in [-0.2, 0) is 14.9 Å². The lowest BCUT2D eigenvalue weighted by molar-refractivity contribution is 0.0525. The third kappa shape index (κ3) is 3.26. The van der Waals surface area contributed by atoms with Gasteiger partial charge >= 0.3 is 16.1 Å². The Morgan fingerprint density at radius 2 is 2.14 bits per heavy atom. The molecule has 0 bridgehead atoms. The van der Waals surface area contributed by atoms with Crippen LogP contribution in [-0.4, -0.2) is 35.5 Å². The number of aryl methyl sites for hydroxylation is 1. The molecule has 0 aromatic carbocycles. The van der Waals surface area contributed by atoms with Crippen molar-refractivity contribution in [1.29, 1.82) is 0 Å². The van der Waals surface area contributed by atoms with Gasteiger partial charge in [-0.3, -0.25) is 4.55 Å². The molecule has 0 unspecified atom stereocenters. The van der Waals surface area contributed by atoms with Gasteiger partial charge < -0.3 is 4.74 Å². The SMILES string of the molecule is CCOC(=O)c1c(C)nc(S(=O)(=O)O)nc1-c1ccsc1. The maximum absolute atomic E-state index is 12.0. The van der Waals surface area contributed by atoms with Gasteiger partial charge in [0.15, 0.2) is 0 Å². The fraction of sp³-hybridized carbons (Fsp3) is 0.250. The van der Waals surface area contributed by atoms with Crippen molar-refractivity contribution in [3.8, 4) is 11.3 Å². The van der Waals surface area contributed by atoms with Gasteiger partial charge in [0, 0.05) is 10.9 Å². The van der Waals surface area contributed by atoms with E-state index in [0.29, 0.717) is 5.56 Å². The van der Waals surface area contributed by atoms with E-state index in [1.807, 2.05) is 0 Å². The van der Waals surface area contributed by atoms with Gasteiger partial charge in [0.25, 0.3) is 5.16 Å². The van der Waals surface area contributed by atoms with E-state index >= 15 is 0 Å². The van der Waals surface area contributed by atoms with Gasteiger partial charge in [-0.2, -0.15) is 19.8 Å². The summed E-state index contributed by atoms with van der Waals surface area (Å²) in [7, 11) is -4.56. The van der Waals surface area contributed by atoms with Gasteiger partial charge in [-0.1, -0.05) is 0 Å². The van der Waals surface area contributed by atoms with E-state index in [-0.39, 0.29) is 23.6 Å². The summed E-state index contributed by atoms with van der Waals surface area (Å²) < 4.78 is 36.5. The molecule has 0 spiro atoms. The average molecular weight is 328 g/mol. The molecule has 1 N–H and O–H groups in total. The summed E-state index contributed by atoms with van der Waals surface area (Å²) in [6, 6.07) is 1.68. The lowest BCUT2D eigenvalue weighted by Crippen LogP contribution is -2.15. The zero-order valence-corrected chi connectivity index (χ0v) is 12.9. The maximum atomic E-state index is 12.0. The minimum absolute atomic E-state index is 0.0858. The summed E-state index contributed by atoms with van der Waals surface area (Å²) in [6.45, 7) is 3.28. The average Bonchev–Trinajstić information content (AvgIpc) is 2.90. The third-order valence-corrected chi connectivity index (χ3v) is 3.90. The summed E-state index contributed by atoms with van der Waals surface area (Å²) in [4.78, 5) is 19.5. The van der Waals surface area contributed by atoms with Crippen molar-refractivity contribution >= 4 is 27.4 Å². The summed E-state index contributed by atoms with van der Waals surface area (Å²) in [5.41, 5.74) is 0.883. The first-order valence-corrected chi connectivity index (χ1v) is 8.28. The monoisotopic (exact) mass is 328 g/mol. The second-order valence-corrected chi connectivity index (χ2v) is 6.12. The fourth-order valence-corrected chi connectivity index (χ4v) is 2.82. The van der Waals surface area contributed by atoms with Crippen LogP contribution < -0.4 is 0 Å². The Hall–Kier alpha value is -1.84. The highest BCUT2D eigenvalue weighted by molar-refractivity contribution is 7.85. The number of hydrogen-bond acceptors (Lipinski definition) is 7. The summed E-state index contributed by atoms with van der Waals surface area (Å²) in [6.07, 6.45) is 0. The predicted molar refractivity (Wildman–Crippen MR) is 75.9 cm³/mol. The summed E-state index contributed by atoms with van der Waals surface area (Å²) in [5.74, 6) is -0.641. The van der Waals surface area contributed by atoms with E-state index < -0.39 is 21.2 Å². The van der Waals surface area contributed by atoms with Crippen molar-refractivity contribution in [2.45, 2.75) is 19.0 Å². The Kier molecular flexibility index (Phi) is 4.35. The normalized spacial score (nSPS) is 11.4. The minimum Gasteiger partial charge on any atom is -0.462 e. The Morgan fingerprint density at radius 1 is 1.43 bits per heavy atom. The van der Waals surface area contributed by atoms with Crippen molar-refractivity contribution < 1.29 is 22.5 Å². The van der Waals surface area contributed by atoms with Crippen LogP contribution in [0.2, 0.25) is 0 Å². The number of ether oxygens (including phenoxy) is 1. The number of aromatic nitrogens is 2. The molecule has 0 aliphatic rings. The quantitative estimate of drug-likeness (QED) is 0.519. The second-order valence-electron chi connectivity index (χ2n) is 4.02. The van der Waals surface area contributed by atoms with Gasteiger partial charge in [0.05, 0.1) is 18.0 Å². The fourth-order valence-electron chi connectivity index (χ4n) is 1.72. The highest BCUT2D eigenvalue weighted by atomic mass is 32.2. The molecule has 0 saturated heterocycles. The Bertz CT molecular complexity index is 769. The second kappa shape index (κ2) is 5.88. The molecule has 7 nitrogen and oxygen atoms in total. The molecule has 9 heteroatoms. The van der Waals surface area contributed by atoms with Crippen LogP contribution in [0.5, 0.6) is 0 Å². The lowest BCUT2D eigenvalue weighted by atomic mass is 10.1. The van der Waals surface area contributed by atoms with E-state index in [0.717, 1.165) is 0 Å². The summed E-state index contributed by atoms with van der Waals surface area (Å²) in [5, 5.41) is 2.72. The first-order valence-electron chi connectivity index (χ1n) is 5.90. The number of carbonyl (C=O) groups excluding carboxylic acids is 1. The molecule has 21 heavy (non-hydrogen) atoms. The van der Waals surface area contributed by atoms with Crippen molar-refractivity contribution in [2.75, 3.05) is 6.61 Å². The molecule has 2 aromatic rings. The summed E-state index contributed by atoms with van der Waals surface area (Å²) >= 11 is 1.36. The number of carbonyl (C=O) groups is 1. The Balaban J connectivity index is 2.73. The van der Waals surface area contributed by atoms with Gasteiger partial charge in [0.2, 0.25) is 0 Å². The van der Waals surface area contributed by atoms with Crippen LogP contribution >= 0.6 is 11.3 Å². The number of esters is 1. The minimum atomic E-state index is -4.56. The molecular weight excluding hydrogens is 316 g/mol. The van der Waals surface area contributed by atoms with Crippen LogP contribution in [0, 0.1) is 6.92 Å². The Morgan fingerprint density at radius 3 is 2.67 bits per heavy atom. The molecule has 2 aromatic heterocycles. The molecule has 0 aliphatic heterocycles. The largest absolute Gasteiger partial charge is 0.462 e. The van der Waals surface area contributed by atoms with E-state index in [2.05, 4.69) is 9.97 Å². The molecule has 0 aliphatic carbocycles. The van der Waals surface area contributed by atoms with Crippen LogP contribution in [0.15, 0.2) is 22.0 Å². The van der Waals surface area contributed by atoms with E-state index in [9.17, 15) is 13.2 Å². The smallest absolute Gasteiger partial charge is 0.342 e. The number of thiophene rings is 1. The highest BCUT2D eigenvalue weighted by Gasteiger charge is 2.25. The van der Waals surface area contributed by atoms with E-state index in [1.165, 1.54) is 18.3 Å². The lowest BCUT2D eigenvalue weighted by Gasteiger charge is -2.10.